The first-order valence-corrected chi connectivity index (χ1v) is 9.33. The Hall–Kier alpha value is -2.93. The number of aryl methyl sites for hydroxylation is 1. The third-order valence-electron chi connectivity index (χ3n) is 4.53. The predicted octanol–water partition coefficient (Wildman–Crippen LogP) is 4.08. The van der Waals surface area contributed by atoms with E-state index in [1.807, 2.05) is 6.07 Å². The summed E-state index contributed by atoms with van der Waals surface area (Å²) in [6.07, 6.45) is 3.36. The quantitative estimate of drug-likeness (QED) is 0.591. The number of benzene rings is 2. The van der Waals surface area contributed by atoms with E-state index in [1.165, 1.54) is 12.1 Å². The smallest absolute Gasteiger partial charge is 0.407 e. The fourth-order valence-corrected chi connectivity index (χ4v) is 3.14. The molecule has 0 aliphatic rings. The number of rotatable bonds is 8. The Balaban J connectivity index is 1.98. The van der Waals surface area contributed by atoms with E-state index in [9.17, 15) is 14.0 Å². The van der Waals surface area contributed by atoms with Crippen LogP contribution in [0.15, 0.2) is 45.6 Å². The van der Waals surface area contributed by atoms with E-state index in [0.29, 0.717) is 31.6 Å². The molecule has 6 nitrogen and oxygen atoms in total. The molecule has 0 bridgehead atoms. The highest BCUT2D eigenvalue weighted by atomic mass is 19.1. The van der Waals surface area contributed by atoms with Crippen LogP contribution in [0.5, 0.6) is 0 Å². The second kappa shape index (κ2) is 8.84. The average Bonchev–Trinajstić information content (AvgIpc) is 3.01. The van der Waals surface area contributed by atoms with Gasteiger partial charge in [-0.3, -0.25) is 0 Å². The first-order chi connectivity index (χ1) is 13.5. The molecule has 1 aromatic heterocycles. The molecule has 2 N–H and O–H groups in total. The summed E-state index contributed by atoms with van der Waals surface area (Å²) in [4.78, 5) is 23.8. The molecule has 0 fully saturated rings. The number of halogens is 1. The van der Waals surface area contributed by atoms with Crippen LogP contribution >= 0.6 is 0 Å². The minimum atomic E-state index is -0.890. The lowest BCUT2D eigenvalue weighted by Crippen LogP contribution is -2.28. The molecule has 0 aliphatic carbocycles. The molecule has 1 heterocycles. The van der Waals surface area contributed by atoms with E-state index >= 15 is 0 Å². The molecule has 3 aromatic rings. The van der Waals surface area contributed by atoms with Gasteiger partial charge in [0.25, 0.3) is 0 Å². The number of unbranched alkanes of at least 4 members (excludes halogenated alkanes) is 1. The Morgan fingerprint density at radius 2 is 1.86 bits per heavy atom. The number of nitrogens with zero attached hydrogens (tertiary/aromatic N) is 1. The normalized spacial score (nSPS) is 11.2. The van der Waals surface area contributed by atoms with Gasteiger partial charge in [-0.05, 0) is 60.2 Å². The largest absolute Gasteiger partial charge is 0.428 e. The Morgan fingerprint density at radius 1 is 1.14 bits per heavy atom. The Morgan fingerprint density at radius 3 is 2.54 bits per heavy atom. The van der Waals surface area contributed by atoms with Crippen molar-refractivity contribution in [3.05, 3.63) is 58.3 Å². The van der Waals surface area contributed by atoms with Crippen molar-refractivity contribution in [2.75, 3.05) is 13.2 Å². The number of primary amides is 1. The zero-order chi connectivity index (χ0) is 20.1. The highest BCUT2D eigenvalue weighted by Crippen LogP contribution is 2.28. The van der Waals surface area contributed by atoms with Crippen LogP contribution in [0.4, 0.5) is 9.18 Å². The molecule has 7 heteroatoms. The van der Waals surface area contributed by atoms with Crippen LogP contribution in [-0.2, 0) is 11.2 Å². The van der Waals surface area contributed by atoms with Crippen molar-refractivity contribution < 1.29 is 18.3 Å². The van der Waals surface area contributed by atoms with E-state index < -0.39 is 11.8 Å². The molecule has 2 aromatic carbocycles. The van der Waals surface area contributed by atoms with Crippen molar-refractivity contribution in [3.63, 3.8) is 0 Å². The van der Waals surface area contributed by atoms with E-state index in [4.69, 9.17) is 14.9 Å². The SMILES string of the molecule is CCCCOCCCc1cc(-c2ccc(F)cc2)cc2oc(=O)n(C(N)=O)c12. The van der Waals surface area contributed by atoms with E-state index in [1.54, 1.807) is 18.2 Å². The summed E-state index contributed by atoms with van der Waals surface area (Å²) in [7, 11) is 0. The molecule has 0 aliphatic heterocycles. The van der Waals surface area contributed by atoms with Gasteiger partial charge in [0.05, 0.1) is 0 Å². The molecule has 0 spiro atoms. The first-order valence-electron chi connectivity index (χ1n) is 9.33. The summed E-state index contributed by atoms with van der Waals surface area (Å²) in [5, 5.41) is 0. The monoisotopic (exact) mass is 386 g/mol. The van der Waals surface area contributed by atoms with Crippen LogP contribution in [0.3, 0.4) is 0 Å². The molecule has 3 rings (SSSR count). The number of carbonyl (C=O) groups excluding carboxylic acids is 1. The van der Waals surface area contributed by atoms with Gasteiger partial charge in [-0.1, -0.05) is 25.5 Å². The summed E-state index contributed by atoms with van der Waals surface area (Å²) in [5.41, 5.74) is 8.30. The number of hydrogen-bond donors (Lipinski definition) is 1. The molecule has 1 amide bonds. The van der Waals surface area contributed by atoms with Crippen LogP contribution in [0.25, 0.3) is 22.2 Å². The maximum absolute atomic E-state index is 13.2. The second-order valence-electron chi connectivity index (χ2n) is 6.60. The van der Waals surface area contributed by atoms with Crippen molar-refractivity contribution in [1.29, 1.82) is 0 Å². The molecule has 0 saturated heterocycles. The number of ether oxygens (including phenoxy) is 1. The number of hydrogen-bond acceptors (Lipinski definition) is 4. The third kappa shape index (κ3) is 4.31. The number of amides is 1. The topological polar surface area (TPSA) is 87.5 Å². The van der Waals surface area contributed by atoms with Gasteiger partial charge in [-0.2, -0.15) is 4.57 Å². The first kappa shape index (κ1) is 19.8. The lowest BCUT2D eigenvalue weighted by molar-refractivity contribution is 0.129. The molecular weight excluding hydrogens is 363 g/mol. The predicted molar refractivity (Wildman–Crippen MR) is 105 cm³/mol. The highest BCUT2D eigenvalue weighted by Gasteiger charge is 2.18. The second-order valence-corrected chi connectivity index (χ2v) is 6.60. The van der Waals surface area contributed by atoms with Gasteiger partial charge in [0.15, 0.2) is 5.58 Å². The zero-order valence-corrected chi connectivity index (χ0v) is 15.7. The van der Waals surface area contributed by atoms with Gasteiger partial charge >= 0.3 is 11.8 Å². The molecular formula is C21H23FN2O4. The molecule has 148 valence electrons. The maximum Gasteiger partial charge on any atom is 0.428 e. The highest BCUT2D eigenvalue weighted by molar-refractivity contribution is 5.91. The number of oxazole rings is 1. The van der Waals surface area contributed by atoms with Gasteiger partial charge in [-0.25, -0.2) is 14.0 Å². The van der Waals surface area contributed by atoms with Crippen LogP contribution in [-0.4, -0.2) is 23.8 Å². The molecule has 0 saturated carbocycles. The van der Waals surface area contributed by atoms with Crippen LogP contribution in [0.1, 0.15) is 31.7 Å². The third-order valence-corrected chi connectivity index (χ3v) is 4.53. The lowest BCUT2D eigenvalue weighted by atomic mass is 9.99. The van der Waals surface area contributed by atoms with Crippen molar-refractivity contribution in [1.82, 2.24) is 4.57 Å². The lowest BCUT2D eigenvalue weighted by Gasteiger charge is -2.09. The summed E-state index contributed by atoms with van der Waals surface area (Å²) in [5.74, 6) is -1.15. The van der Waals surface area contributed by atoms with Crippen molar-refractivity contribution in [2.24, 2.45) is 5.73 Å². The Kier molecular flexibility index (Phi) is 6.26. The van der Waals surface area contributed by atoms with Gasteiger partial charge in [-0.15, -0.1) is 0 Å². The standard InChI is InChI=1S/C21H23FN2O4/c1-2-3-10-27-11-4-5-15-12-16(14-6-8-17(22)9-7-14)13-18-19(15)24(20(23)25)21(26)28-18/h6-9,12-13H,2-5,10-11H2,1H3,(H2,23,25). The molecule has 0 radical (unpaired) electrons. The van der Waals surface area contributed by atoms with E-state index in [2.05, 4.69) is 6.92 Å². The number of fused-ring (bicyclic) bond motifs is 1. The average molecular weight is 386 g/mol. The number of aromatic nitrogens is 1. The van der Waals surface area contributed by atoms with Crippen molar-refractivity contribution >= 4 is 17.1 Å². The van der Waals surface area contributed by atoms with Crippen LogP contribution in [0, 0.1) is 5.82 Å². The van der Waals surface area contributed by atoms with Crippen molar-refractivity contribution in [2.45, 2.75) is 32.6 Å². The summed E-state index contributed by atoms with van der Waals surface area (Å²) >= 11 is 0. The number of carbonyl (C=O) groups is 1. The summed E-state index contributed by atoms with van der Waals surface area (Å²) < 4.78 is 24.9. The maximum atomic E-state index is 13.2. The van der Waals surface area contributed by atoms with Crippen molar-refractivity contribution in [3.8, 4) is 11.1 Å². The fraction of sp³-hybridized carbons (Fsp3) is 0.333. The fourth-order valence-electron chi connectivity index (χ4n) is 3.14. The minimum absolute atomic E-state index is 0.271. The van der Waals surface area contributed by atoms with E-state index in [-0.39, 0.29) is 11.4 Å². The zero-order valence-electron chi connectivity index (χ0n) is 15.7. The van der Waals surface area contributed by atoms with Gasteiger partial charge in [0, 0.05) is 13.2 Å². The minimum Gasteiger partial charge on any atom is -0.407 e. The molecule has 0 atom stereocenters. The summed E-state index contributed by atoms with van der Waals surface area (Å²) in [6.45, 7) is 3.38. The van der Waals surface area contributed by atoms with Gasteiger partial charge in [0.1, 0.15) is 11.3 Å². The number of nitrogens with two attached hydrogens (primary N) is 1. The Labute approximate surface area is 161 Å². The molecule has 0 unspecified atom stereocenters. The molecule has 28 heavy (non-hydrogen) atoms. The van der Waals surface area contributed by atoms with Gasteiger partial charge in [0.2, 0.25) is 0 Å². The van der Waals surface area contributed by atoms with Crippen LogP contribution in [0.2, 0.25) is 0 Å². The Bertz CT molecular complexity index is 1020. The summed E-state index contributed by atoms with van der Waals surface area (Å²) in [6, 6.07) is 8.67. The van der Waals surface area contributed by atoms with Crippen LogP contribution < -0.4 is 11.5 Å². The van der Waals surface area contributed by atoms with E-state index in [0.717, 1.165) is 34.1 Å². The van der Waals surface area contributed by atoms with Gasteiger partial charge < -0.3 is 14.9 Å².